The van der Waals surface area contributed by atoms with Crippen molar-refractivity contribution >= 4 is 28.9 Å². The topological polar surface area (TPSA) is 88.9 Å². The molecular formula is C16H14FN5O2. The molecule has 0 spiro atoms. The molecule has 7 nitrogen and oxygen atoms in total. The number of aromatic nitrogens is 3. The Hall–Kier alpha value is -3.29. The number of nitrogens with zero attached hydrogens (tertiary/aromatic N) is 3. The molecular weight excluding hydrogens is 313 g/mol. The minimum absolute atomic E-state index is 0.229. The molecule has 24 heavy (non-hydrogen) atoms. The van der Waals surface area contributed by atoms with E-state index in [-0.39, 0.29) is 12.1 Å². The summed E-state index contributed by atoms with van der Waals surface area (Å²) >= 11 is 0. The van der Waals surface area contributed by atoms with Gasteiger partial charge in [-0.3, -0.25) is 19.5 Å². The molecule has 0 aliphatic carbocycles. The predicted molar refractivity (Wildman–Crippen MR) is 85.9 cm³/mol. The third-order valence-electron chi connectivity index (χ3n) is 3.39. The highest BCUT2D eigenvalue weighted by molar-refractivity contribution is 5.99. The summed E-state index contributed by atoms with van der Waals surface area (Å²) in [6.45, 7) is -0.229. The first kappa shape index (κ1) is 15.6. The van der Waals surface area contributed by atoms with E-state index in [1.807, 2.05) is 0 Å². The summed E-state index contributed by atoms with van der Waals surface area (Å²) in [6.07, 6.45) is 1.64. The fraction of sp³-hybridized carbons (Fsp3) is 0.125. The lowest BCUT2D eigenvalue weighted by Gasteiger charge is -2.06. The highest BCUT2D eigenvalue weighted by Gasteiger charge is 2.12. The van der Waals surface area contributed by atoms with Crippen molar-refractivity contribution in [2.75, 3.05) is 11.9 Å². The maximum absolute atomic E-state index is 12.8. The second-order valence-electron chi connectivity index (χ2n) is 5.08. The number of halogens is 1. The monoisotopic (exact) mass is 327 g/mol. The molecule has 0 radical (unpaired) electrons. The van der Waals surface area contributed by atoms with Crippen molar-refractivity contribution in [2.24, 2.45) is 7.05 Å². The van der Waals surface area contributed by atoms with Crippen LogP contribution in [-0.2, 0) is 11.8 Å². The number of amides is 2. The predicted octanol–water partition coefficient (Wildman–Crippen LogP) is 1.48. The van der Waals surface area contributed by atoms with Crippen molar-refractivity contribution in [3.8, 4) is 0 Å². The number of anilines is 1. The van der Waals surface area contributed by atoms with E-state index in [1.165, 1.54) is 24.3 Å². The van der Waals surface area contributed by atoms with Crippen LogP contribution in [0.3, 0.4) is 0 Å². The number of aryl methyl sites for hydroxylation is 1. The van der Waals surface area contributed by atoms with Gasteiger partial charge in [-0.1, -0.05) is 0 Å². The SMILES string of the molecule is Cn1c(NC(=O)CNC(=O)c2ccc(F)cc2)nc2cccnc21. The minimum atomic E-state index is -0.461. The second-order valence-corrected chi connectivity index (χ2v) is 5.08. The van der Waals surface area contributed by atoms with E-state index in [9.17, 15) is 14.0 Å². The van der Waals surface area contributed by atoms with Gasteiger partial charge in [0.1, 0.15) is 11.3 Å². The lowest BCUT2D eigenvalue weighted by molar-refractivity contribution is -0.115. The molecule has 0 fully saturated rings. The Morgan fingerprint density at radius 3 is 2.67 bits per heavy atom. The average molecular weight is 327 g/mol. The van der Waals surface area contributed by atoms with Crippen LogP contribution < -0.4 is 10.6 Å². The van der Waals surface area contributed by atoms with Gasteiger partial charge in [-0.2, -0.15) is 0 Å². The zero-order chi connectivity index (χ0) is 17.1. The number of carbonyl (C=O) groups excluding carboxylic acids is 2. The van der Waals surface area contributed by atoms with Crippen molar-refractivity contribution in [1.82, 2.24) is 19.9 Å². The third-order valence-corrected chi connectivity index (χ3v) is 3.39. The standard InChI is InChI=1S/C16H14FN5O2/c1-22-14-12(3-2-8-18-14)20-16(22)21-13(23)9-19-15(24)10-4-6-11(17)7-5-10/h2-8H,9H2,1H3,(H,19,24)(H,20,21,23). The van der Waals surface area contributed by atoms with Gasteiger partial charge in [0.05, 0.1) is 6.54 Å². The fourth-order valence-corrected chi connectivity index (χ4v) is 2.17. The molecule has 0 unspecified atom stereocenters. The van der Waals surface area contributed by atoms with Gasteiger partial charge < -0.3 is 5.32 Å². The van der Waals surface area contributed by atoms with E-state index in [0.717, 1.165) is 0 Å². The van der Waals surface area contributed by atoms with Gasteiger partial charge in [0.15, 0.2) is 5.65 Å². The summed E-state index contributed by atoms with van der Waals surface area (Å²) in [5.41, 5.74) is 1.57. The number of pyridine rings is 1. The number of rotatable bonds is 4. The molecule has 0 saturated heterocycles. The quantitative estimate of drug-likeness (QED) is 0.759. The van der Waals surface area contributed by atoms with Crippen LogP contribution in [0.5, 0.6) is 0 Å². The molecule has 1 aromatic carbocycles. The van der Waals surface area contributed by atoms with Crippen LogP contribution in [0.1, 0.15) is 10.4 Å². The highest BCUT2D eigenvalue weighted by Crippen LogP contribution is 2.14. The van der Waals surface area contributed by atoms with Gasteiger partial charge in [-0.05, 0) is 36.4 Å². The average Bonchev–Trinajstić information content (AvgIpc) is 2.89. The molecule has 0 atom stereocenters. The Morgan fingerprint density at radius 2 is 1.96 bits per heavy atom. The molecule has 3 aromatic rings. The molecule has 0 aliphatic rings. The molecule has 2 amide bonds. The number of nitrogens with one attached hydrogen (secondary N) is 2. The fourth-order valence-electron chi connectivity index (χ4n) is 2.17. The molecule has 8 heteroatoms. The summed E-state index contributed by atoms with van der Waals surface area (Å²) in [5.74, 6) is -0.981. The Labute approximate surface area is 136 Å². The van der Waals surface area contributed by atoms with E-state index in [4.69, 9.17) is 0 Å². The first-order chi connectivity index (χ1) is 11.5. The van der Waals surface area contributed by atoms with E-state index in [0.29, 0.717) is 17.1 Å². The lowest BCUT2D eigenvalue weighted by Crippen LogP contribution is -2.33. The summed E-state index contributed by atoms with van der Waals surface area (Å²) in [4.78, 5) is 32.3. The summed E-state index contributed by atoms with van der Waals surface area (Å²) < 4.78 is 14.5. The van der Waals surface area contributed by atoms with E-state index < -0.39 is 17.6 Å². The van der Waals surface area contributed by atoms with Crippen molar-refractivity contribution in [2.45, 2.75) is 0 Å². The number of hydrogen-bond donors (Lipinski definition) is 2. The van der Waals surface area contributed by atoms with Crippen LogP contribution >= 0.6 is 0 Å². The lowest BCUT2D eigenvalue weighted by atomic mass is 10.2. The first-order valence-electron chi connectivity index (χ1n) is 7.15. The van der Waals surface area contributed by atoms with Crippen LogP contribution in [0.15, 0.2) is 42.6 Å². The normalized spacial score (nSPS) is 10.6. The molecule has 2 heterocycles. The maximum Gasteiger partial charge on any atom is 0.251 e. The van der Waals surface area contributed by atoms with Crippen molar-refractivity contribution < 1.29 is 14.0 Å². The third kappa shape index (κ3) is 3.22. The molecule has 3 rings (SSSR count). The maximum atomic E-state index is 12.8. The van der Waals surface area contributed by atoms with Crippen LogP contribution in [0.4, 0.5) is 10.3 Å². The molecule has 0 bridgehead atoms. The van der Waals surface area contributed by atoms with Crippen LogP contribution in [0, 0.1) is 5.82 Å². The zero-order valence-corrected chi connectivity index (χ0v) is 12.8. The minimum Gasteiger partial charge on any atom is -0.343 e. The Balaban J connectivity index is 1.62. The zero-order valence-electron chi connectivity index (χ0n) is 12.8. The number of fused-ring (bicyclic) bond motifs is 1. The van der Waals surface area contributed by atoms with E-state index in [1.54, 1.807) is 29.9 Å². The summed E-state index contributed by atoms with van der Waals surface area (Å²) in [5, 5.41) is 5.08. The van der Waals surface area contributed by atoms with Gasteiger partial charge in [0.25, 0.3) is 5.91 Å². The smallest absolute Gasteiger partial charge is 0.251 e. The van der Waals surface area contributed by atoms with Gasteiger partial charge in [-0.25, -0.2) is 14.4 Å². The molecule has 0 saturated carbocycles. The van der Waals surface area contributed by atoms with Gasteiger partial charge in [0.2, 0.25) is 11.9 Å². The highest BCUT2D eigenvalue weighted by atomic mass is 19.1. The number of hydrogen-bond acceptors (Lipinski definition) is 4. The van der Waals surface area contributed by atoms with Crippen molar-refractivity contribution in [3.05, 3.63) is 54.0 Å². The molecule has 122 valence electrons. The van der Waals surface area contributed by atoms with Crippen LogP contribution in [0.25, 0.3) is 11.2 Å². The number of imidazole rings is 1. The van der Waals surface area contributed by atoms with Crippen LogP contribution in [0.2, 0.25) is 0 Å². The first-order valence-corrected chi connectivity index (χ1v) is 7.15. The van der Waals surface area contributed by atoms with Gasteiger partial charge in [-0.15, -0.1) is 0 Å². The molecule has 0 aliphatic heterocycles. The van der Waals surface area contributed by atoms with Crippen LogP contribution in [-0.4, -0.2) is 32.9 Å². The largest absolute Gasteiger partial charge is 0.343 e. The molecule has 2 N–H and O–H groups in total. The number of carbonyl (C=O) groups is 2. The van der Waals surface area contributed by atoms with Crippen molar-refractivity contribution in [1.29, 1.82) is 0 Å². The number of benzene rings is 1. The summed E-state index contributed by atoms with van der Waals surface area (Å²) in [7, 11) is 1.73. The Kier molecular flexibility index (Phi) is 4.19. The van der Waals surface area contributed by atoms with Gasteiger partial charge >= 0.3 is 0 Å². The van der Waals surface area contributed by atoms with E-state index in [2.05, 4.69) is 20.6 Å². The van der Waals surface area contributed by atoms with Gasteiger partial charge in [0, 0.05) is 18.8 Å². The summed E-state index contributed by atoms with van der Waals surface area (Å²) in [6, 6.07) is 8.60. The van der Waals surface area contributed by atoms with Crippen molar-refractivity contribution in [3.63, 3.8) is 0 Å². The van der Waals surface area contributed by atoms with E-state index >= 15 is 0 Å². The molecule has 2 aromatic heterocycles. The second kappa shape index (κ2) is 6.45. The Bertz CT molecular complexity index is 904. The Morgan fingerprint density at radius 1 is 1.21 bits per heavy atom.